The molecule has 1 aromatic rings. The van der Waals surface area contributed by atoms with E-state index in [2.05, 4.69) is 40.1 Å². The molecule has 1 N–H and O–H groups in total. The number of nitrogens with zero attached hydrogens (tertiary/aromatic N) is 3. The van der Waals surface area contributed by atoms with Gasteiger partial charge in [-0.1, -0.05) is 30.3 Å². The van der Waals surface area contributed by atoms with E-state index < -0.39 is 0 Å². The molecule has 0 aromatic heterocycles. The lowest BCUT2D eigenvalue weighted by atomic mass is 9.71. The topological polar surface area (TPSA) is 47.0 Å². The van der Waals surface area contributed by atoms with Crippen LogP contribution in [0.4, 0.5) is 0 Å². The van der Waals surface area contributed by atoms with Crippen LogP contribution in [-0.2, 0) is 11.3 Å². The van der Waals surface area contributed by atoms with Crippen molar-refractivity contribution in [1.82, 2.24) is 14.7 Å². The largest absolute Gasteiger partial charge is 0.396 e. The summed E-state index contributed by atoms with van der Waals surface area (Å²) in [5.74, 6) is 0.615. The molecule has 1 atom stereocenters. The smallest absolute Gasteiger partial charge is 0.219 e. The van der Waals surface area contributed by atoms with Crippen molar-refractivity contribution in [3.05, 3.63) is 35.9 Å². The van der Waals surface area contributed by atoms with Crippen LogP contribution in [0, 0.1) is 11.3 Å². The number of likely N-dealkylation sites (tertiary alicyclic amines) is 3. The highest BCUT2D eigenvalue weighted by molar-refractivity contribution is 5.73. The van der Waals surface area contributed by atoms with Gasteiger partial charge in [-0.25, -0.2) is 0 Å². The molecule has 0 bridgehead atoms. The van der Waals surface area contributed by atoms with E-state index in [1.54, 1.807) is 6.92 Å². The van der Waals surface area contributed by atoms with Crippen molar-refractivity contribution in [1.29, 1.82) is 0 Å². The SMILES string of the molecule is CC(=O)N1CCC(N2CCC3(CC2)CN(Cc2ccccc2)CC3CO)CC1. The maximum absolute atomic E-state index is 11.6. The molecule has 0 saturated carbocycles. The van der Waals surface area contributed by atoms with E-state index in [1.165, 1.54) is 18.4 Å². The zero-order chi connectivity index (χ0) is 19.6. The van der Waals surface area contributed by atoms with Crippen molar-refractivity contribution in [3.63, 3.8) is 0 Å². The number of piperidine rings is 2. The minimum Gasteiger partial charge on any atom is -0.396 e. The Bertz CT molecular complexity index is 649. The van der Waals surface area contributed by atoms with Crippen LogP contribution in [0.5, 0.6) is 0 Å². The van der Waals surface area contributed by atoms with Gasteiger partial charge in [0.2, 0.25) is 5.91 Å². The van der Waals surface area contributed by atoms with Gasteiger partial charge in [0.1, 0.15) is 0 Å². The molecule has 0 aliphatic carbocycles. The van der Waals surface area contributed by atoms with Gasteiger partial charge < -0.3 is 14.9 Å². The maximum atomic E-state index is 11.6. The van der Waals surface area contributed by atoms with Gasteiger partial charge in [-0.3, -0.25) is 9.69 Å². The molecule has 0 radical (unpaired) electrons. The zero-order valence-electron chi connectivity index (χ0n) is 17.2. The van der Waals surface area contributed by atoms with Crippen molar-refractivity contribution < 1.29 is 9.90 Å². The average molecular weight is 386 g/mol. The molecule has 3 heterocycles. The Balaban J connectivity index is 1.33. The molecular weight excluding hydrogens is 350 g/mol. The van der Waals surface area contributed by atoms with Crippen LogP contribution in [0.2, 0.25) is 0 Å². The number of carbonyl (C=O) groups excluding carboxylic acids is 1. The highest BCUT2D eigenvalue weighted by Gasteiger charge is 2.48. The lowest BCUT2D eigenvalue weighted by Crippen LogP contribution is -2.52. The fourth-order valence-corrected chi connectivity index (χ4v) is 5.80. The van der Waals surface area contributed by atoms with Gasteiger partial charge in [-0.2, -0.15) is 0 Å². The molecule has 5 heteroatoms. The molecule has 3 aliphatic rings. The quantitative estimate of drug-likeness (QED) is 0.863. The van der Waals surface area contributed by atoms with E-state index in [4.69, 9.17) is 0 Å². The van der Waals surface area contributed by atoms with Gasteiger partial charge in [-0.05, 0) is 49.8 Å². The predicted octanol–water partition coefficient (Wildman–Crippen LogP) is 2.20. The lowest BCUT2D eigenvalue weighted by Gasteiger charge is -2.46. The number of aliphatic hydroxyl groups is 1. The van der Waals surface area contributed by atoms with Crippen LogP contribution in [0.3, 0.4) is 0 Å². The number of hydrogen-bond donors (Lipinski definition) is 1. The monoisotopic (exact) mass is 385 g/mol. The summed E-state index contributed by atoms with van der Waals surface area (Å²) in [6.07, 6.45) is 4.60. The number of carbonyl (C=O) groups is 1. The second-order valence-electron chi connectivity index (χ2n) is 9.17. The third kappa shape index (κ3) is 4.12. The van der Waals surface area contributed by atoms with E-state index in [1.807, 2.05) is 4.90 Å². The molecule has 4 rings (SSSR count). The zero-order valence-corrected chi connectivity index (χ0v) is 17.2. The summed E-state index contributed by atoms with van der Waals surface area (Å²) < 4.78 is 0. The third-order valence-corrected chi connectivity index (χ3v) is 7.57. The maximum Gasteiger partial charge on any atom is 0.219 e. The van der Waals surface area contributed by atoms with Crippen molar-refractivity contribution in [2.45, 2.75) is 45.2 Å². The summed E-state index contributed by atoms with van der Waals surface area (Å²) >= 11 is 0. The molecule has 5 nitrogen and oxygen atoms in total. The number of hydrogen-bond acceptors (Lipinski definition) is 4. The molecule has 3 fully saturated rings. The van der Waals surface area contributed by atoms with Crippen molar-refractivity contribution in [2.75, 3.05) is 45.9 Å². The fraction of sp³-hybridized carbons (Fsp3) is 0.696. The summed E-state index contributed by atoms with van der Waals surface area (Å²) in [4.78, 5) is 18.8. The molecule has 1 aromatic carbocycles. The first-order chi connectivity index (χ1) is 13.6. The molecule has 1 spiro atoms. The molecule has 3 aliphatic heterocycles. The van der Waals surface area contributed by atoms with Crippen LogP contribution in [0.1, 0.15) is 38.2 Å². The van der Waals surface area contributed by atoms with E-state index in [-0.39, 0.29) is 11.3 Å². The normalized spacial score (nSPS) is 26.8. The Morgan fingerprint density at radius 3 is 2.39 bits per heavy atom. The van der Waals surface area contributed by atoms with E-state index in [9.17, 15) is 9.90 Å². The average Bonchev–Trinajstić information content (AvgIpc) is 3.06. The molecule has 28 heavy (non-hydrogen) atoms. The molecule has 154 valence electrons. The minimum absolute atomic E-state index is 0.214. The first-order valence-corrected chi connectivity index (χ1v) is 11.0. The van der Waals surface area contributed by atoms with Crippen LogP contribution in [-0.4, -0.2) is 77.6 Å². The summed E-state index contributed by atoms with van der Waals surface area (Å²) in [5, 5.41) is 10.1. The van der Waals surface area contributed by atoms with Crippen LogP contribution >= 0.6 is 0 Å². The van der Waals surface area contributed by atoms with Gasteiger partial charge in [0, 0.05) is 58.2 Å². The summed E-state index contributed by atoms with van der Waals surface area (Å²) in [5.41, 5.74) is 1.64. The molecule has 1 amide bonds. The molecule has 3 saturated heterocycles. The number of rotatable bonds is 4. The van der Waals surface area contributed by atoms with E-state index >= 15 is 0 Å². The first-order valence-electron chi connectivity index (χ1n) is 11.0. The summed E-state index contributed by atoms with van der Waals surface area (Å²) in [6.45, 7) is 9.21. The molecular formula is C23H35N3O2. The Hall–Kier alpha value is -1.43. The second-order valence-corrected chi connectivity index (χ2v) is 9.17. The van der Waals surface area contributed by atoms with E-state index in [0.717, 1.165) is 58.7 Å². The lowest BCUT2D eigenvalue weighted by molar-refractivity contribution is -0.130. The van der Waals surface area contributed by atoms with Crippen molar-refractivity contribution in [2.24, 2.45) is 11.3 Å². The molecule has 1 unspecified atom stereocenters. The third-order valence-electron chi connectivity index (χ3n) is 7.57. The Kier molecular flexibility index (Phi) is 6.04. The van der Waals surface area contributed by atoms with Crippen LogP contribution in [0.25, 0.3) is 0 Å². The highest BCUT2D eigenvalue weighted by atomic mass is 16.3. The van der Waals surface area contributed by atoms with Gasteiger partial charge >= 0.3 is 0 Å². The van der Waals surface area contributed by atoms with Crippen LogP contribution < -0.4 is 0 Å². The summed E-state index contributed by atoms with van der Waals surface area (Å²) in [7, 11) is 0. The first kappa shape index (κ1) is 19.9. The van der Waals surface area contributed by atoms with Gasteiger partial charge in [0.15, 0.2) is 0 Å². The Labute approximate surface area is 169 Å². The number of aliphatic hydroxyl groups excluding tert-OH is 1. The van der Waals surface area contributed by atoms with Crippen molar-refractivity contribution in [3.8, 4) is 0 Å². The standard InChI is InChI=1S/C23H35N3O2/c1-19(28)25-11-7-22(8-12-25)26-13-9-23(10-14-26)18-24(16-21(23)17-27)15-20-5-3-2-4-6-20/h2-6,21-22,27H,7-18H2,1H3. The number of benzene rings is 1. The summed E-state index contributed by atoms with van der Waals surface area (Å²) in [6, 6.07) is 11.3. The minimum atomic E-state index is 0.214. The second kappa shape index (κ2) is 8.52. The predicted molar refractivity (Wildman–Crippen MR) is 111 cm³/mol. The Morgan fingerprint density at radius 1 is 1.11 bits per heavy atom. The highest BCUT2D eigenvalue weighted by Crippen LogP contribution is 2.45. The van der Waals surface area contributed by atoms with E-state index in [0.29, 0.717) is 18.6 Å². The fourth-order valence-electron chi connectivity index (χ4n) is 5.80. The van der Waals surface area contributed by atoms with Gasteiger partial charge in [-0.15, -0.1) is 0 Å². The van der Waals surface area contributed by atoms with Gasteiger partial charge in [0.25, 0.3) is 0 Å². The van der Waals surface area contributed by atoms with Crippen molar-refractivity contribution >= 4 is 5.91 Å². The van der Waals surface area contributed by atoms with Crippen LogP contribution in [0.15, 0.2) is 30.3 Å². The number of amides is 1. The Morgan fingerprint density at radius 2 is 1.79 bits per heavy atom. The van der Waals surface area contributed by atoms with Gasteiger partial charge in [0.05, 0.1) is 0 Å².